The van der Waals surface area contributed by atoms with Crippen molar-refractivity contribution in [2.75, 3.05) is 0 Å². The molecule has 0 saturated carbocycles. The molecule has 2 aromatic carbocycles. The number of aliphatic imine (C=N–C) groups is 1. The third kappa shape index (κ3) is 4.55. The largest absolute Gasteiger partial charge is 0.450 e. The van der Waals surface area contributed by atoms with Gasteiger partial charge in [-0.3, -0.25) is 4.79 Å². The Balaban J connectivity index is 1.47. The Morgan fingerprint density at radius 3 is 2.57 bits per heavy atom. The van der Waals surface area contributed by atoms with Crippen molar-refractivity contribution in [2.45, 2.75) is 16.9 Å². The SMILES string of the molecule is Cc1ccc(Sc2ccc(/C=C3\SC(=Nc4ccc(F)cc4)NC3=O)o2)cc1. The van der Waals surface area contributed by atoms with Gasteiger partial charge >= 0.3 is 0 Å². The number of furan rings is 1. The Kier molecular flexibility index (Phi) is 5.36. The first-order valence-electron chi connectivity index (χ1n) is 8.45. The number of nitrogens with zero attached hydrogens (tertiary/aromatic N) is 1. The lowest BCUT2D eigenvalue weighted by atomic mass is 10.2. The maximum absolute atomic E-state index is 13.0. The predicted molar refractivity (Wildman–Crippen MR) is 111 cm³/mol. The van der Waals surface area contributed by atoms with Crippen LogP contribution in [0.4, 0.5) is 10.1 Å². The maximum Gasteiger partial charge on any atom is 0.264 e. The molecule has 0 radical (unpaired) electrons. The van der Waals surface area contributed by atoms with Crippen LogP contribution < -0.4 is 5.32 Å². The van der Waals surface area contributed by atoms with Gasteiger partial charge in [0.15, 0.2) is 10.3 Å². The van der Waals surface area contributed by atoms with Crippen LogP contribution in [-0.2, 0) is 4.79 Å². The highest BCUT2D eigenvalue weighted by molar-refractivity contribution is 8.18. The van der Waals surface area contributed by atoms with E-state index in [4.69, 9.17) is 4.42 Å². The number of benzene rings is 2. The molecule has 28 heavy (non-hydrogen) atoms. The molecule has 0 aliphatic carbocycles. The van der Waals surface area contributed by atoms with Crippen molar-refractivity contribution in [3.8, 4) is 0 Å². The van der Waals surface area contributed by atoms with Crippen molar-refractivity contribution in [3.05, 3.63) is 82.7 Å². The molecule has 0 spiro atoms. The van der Waals surface area contributed by atoms with Gasteiger partial charge in [0.2, 0.25) is 0 Å². The molecule has 0 bridgehead atoms. The molecule has 1 aromatic heterocycles. The third-order valence-corrected chi connectivity index (χ3v) is 5.66. The van der Waals surface area contributed by atoms with Gasteiger partial charge in [-0.25, -0.2) is 9.38 Å². The molecular weight excluding hydrogens is 395 g/mol. The number of halogens is 1. The van der Waals surface area contributed by atoms with Gasteiger partial charge < -0.3 is 9.73 Å². The number of nitrogens with one attached hydrogen (secondary N) is 1. The number of amides is 1. The quantitative estimate of drug-likeness (QED) is 0.555. The van der Waals surface area contributed by atoms with E-state index in [1.807, 2.05) is 31.2 Å². The summed E-state index contributed by atoms with van der Waals surface area (Å²) in [5, 5.41) is 3.90. The number of aryl methyl sites for hydroxylation is 1. The van der Waals surface area contributed by atoms with Gasteiger partial charge in [0.1, 0.15) is 11.6 Å². The van der Waals surface area contributed by atoms with E-state index in [1.54, 1.807) is 18.2 Å². The molecule has 3 aromatic rings. The highest BCUT2D eigenvalue weighted by Crippen LogP contribution is 2.32. The Morgan fingerprint density at radius 1 is 1.07 bits per heavy atom. The predicted octanol–water partition coefficient (Wildman–Crippen LogP) is 5.77. The maximum atomic E-state index is 13.0. The van der Waals surface area contributed by atoms with Crippen molar-refractivity contribution >= 4 is 46.4 Å². The van der Waals surface area contributed by atoms with Crippen molar-refractivity contribution < 1.29 is 13.6 Å². The fraction of sp³-hybridized carbons (Fsp3) is 0.0476. The Morgan fingerprint density at radius 2 is 1.82 bits per heavy atom. The molecule has 1 amide bonds. The normalized spacial score (nSPS) is 16.7. The summed E-state index contributed by atoms with van der Waals surface area (Å²) >= 11 is 2.74. The van der Waals surface area contributed by atoms with E-state index in [9.17, 15) is 9.18 Å². The summed E-state index contributed by atoms with van der Waals surface area (Å²) < 4.78 is 18.8. The molecule has 1 aliphatic rings. The minimum atomic E-state index is -0.329. The summed E-state index contributed by atoms with van der Waals surface area (Å²) in [6.07, 6.45) is 1.69. The average Bonchev–Trinajstić information content (AvgIpc) is 3.26. The van der Waals surface area contributed by atoms with Gasteiger partial charge in [0.25, 0.3) is 5.91 Å². The van der Waals surface area contributed by atoms with Gasteiger partial charge in [0.05, 0.1) is 10.6 Å². The van der Waals surface area contributed by atoms with Crippen LogP contribution in [0.1, 0.15) is 11.3 Å². The topological polar surface area (TPSA) is 54.6 Å². The highest BCUT2D eigenvalue weighted by atomic mass is 32.2. The first kappa shape index (κ1) is 18.6. The van der Waals surface area contributed by atoms with E-state index in [2.05, 4.69) is 22.4 Å². The molecule has 4 nitrogen and oxygen atoms in total. The van der Waals surface area contributed by atoms with Crippen molar-refractivity contribution in [2.24, 2.45) is 4.99 Å². The second-order valence-corrected chi connectivity index (χ2v) is 8.14. The van der Waals surface area contributed by atoms with E-state index in [0.29, 0.717) is 21.5 Å². The van der Waals surface area contributed by atoms with E-state index in [0.717, 1.165) is 9.99 Å². The smallest absolute Gasteiger partial charge is 0.264 e. The zero-order valence-electron chi connectivity index (χ0n) is 14.8. The average molecular weight is 410 g/mol. The van der Waals surface area contributed by atoms with Crippen LogP contribution in [0.3, 0.4) is 0 Å². The van der Waals surface area contributed by atoms with Crippen LogP contribution in [0.5, 0.6) is 0 Å². The lowest BCUT2D eigenvalue weighted by molar-refractivity contribution is -0.115. The lowest BCUT2D eigenvalue weighted by Crippen LogP contribution is -2.19. The molecule has 1 aliphatic heterocycles. The molecule has 7 heteroatoms. The van der Waals surface area contributed by atoms with Crippen LogP contribution in [0.15, 0.2) is 85.0 Å². The van der Waals surface area contributed by atoms with Crippen LogP contribution in [0.2, 0.25) is 0 Å². The Hall–Kier alpha value is -2.77. The van der Waals surface area contributed by atoms with Crippen molar-refractivity contribution in [3.63, 3.8) is 0 Å². The minimum Gasteiger partial charge on any atom is -0.450 e. The molecule has 0 atom stereocenters. The number of hydrogen-bond acceptors (Lipinski definition) is 5. The number of rotatable bonds is 4. The van der Waals surface area contributed by atoms with E-state index < -0.39 is 0 Å². The molecule has 0 unspecified atom stereocenters. The van der Waals surface area contributed by atoms with Gasteiger partial charge in [-0.2, -0.15) is 0 Å². The summed E-state index contributed by atoms with van der Waals surface area (Å²) in [6.45, 7) is 2.05. The molecule has 1 N–H and O–H groups in total. The number of thioether (sulfide) groups is 1. The van der Waals surface area contributed by atoms with E-state index in [-0.39, 0.29) is 11.7 Å². The first-order chi connectivity index (χ1) is 13.5. The summed E-state index contributed by atoms with van der Waals surface area (Å²) in [5.41, 5.74) is 1.77. The second kappa shape index (κ2) is 8.08. The second-order valence-electron chi connectivity index (χ2n) is 6.03. The summed E-state index contributed by atoms with van der Waals surface area (Å²) in [5.74, 6) is 0.0232. The lowest BCUT2D eigenvalue weighted by Gasteiger charge is -1.98. The zero-order chi connectivity index (χ0) is 19.5. The van der Waals surface area contributed by atoms with E-state index in [1.165, 1.54) is 41.2 Å². The summed E-state index contributed by atoms with van der Waals surface area (Å²) in [7, 11) is 0. The summed E-state index contributed by atoms with van der Waals surface area (Å²) in [4.78, 5) is 18.1. The third-order valence-electron chi connectivity index (χ3n) is 3.82. The van der Waals surface area contributed by atoms with Gasteiger partial charge in [0, 0.05) is 11.0 Å². The fourth-order valence-electron chi connectivity index (χ4n) is 2.43. The van der Waals surface area contributed by atoms with E-state index >= 15 is 0 Å². The van der Waals surface area contributed by atoms with Crippen LogP contribution in [0.25, 0.3) is 6.08 Å². The molecule has 1 saturated heterocycles. The van der Waals surface area contributed by atoms with Gasteiger partial charge in [-0.05, 0) is 67.2 Å². The van der Waals surface area contributed by atoms with Gasteiger partial charge in [-0.1, -0.05) is 29.5 Å². The number of carbonyl (C=O) groups excluding carboxylic acids is 1. The molecule has 1 fully saturated rings. The highest BCUT2D eigenvalue weighted by Gasteiger charge is 2.24. The van der Waals surface area contributed by atoms with Crippen LogP contribution >= 0.6 is 23.5 Å². The standard InChI is InChI=1S/C21H15FN2O2S2/c1-13-2-9-17(10-3-13)27-19-11-8-16(26-19)12-18-20(25)24-21(28-18)23-15-6-4-14(22)5-7-15/h2-12H,1H3,(H,23,24,25)/b18-12-. The number of carbonyl (C=O) groups is 1. The molecular formula is C21H15FN2O2S2. The van der Waals surface area contributed by atoms with Crippen LogP contribution in [0, 0.1) is 12.7 Å². The first-order valence-corrected chi connectivity index (χ1v) is 10.1. The van der Waals surface area contributed by atoms with Crippen molar-refractivity contribution in [1.82, 2.24) is 5.32 Å². The number of hydrogen-bond donors (Lipinski definition) is 1. The number of amidine groups is 1. The Bertz CT molecular complexity index is 1070. The molecule has 140 valence electrons. The minimum absolute atomic E-state index is 0.241. The fourth-order valence-corrected chi connectivity index (χ4v) is 4.03. The summed E-state index contributed by atoms with van der Waals surface area (Å²) in [6, 6.07) is 17.6. The van der Waals surface area contributed by atoms with Crippen molar-refractivity contribution in [1.29, 1.82) is 0 Å². The Labute approximate surface area is 169 Å². The molecule has 2 heterocycles. The van der Waals surface area contributed by atoms with Crippen LogP contribution in [-0.4, -0.2) is 11.1 Å². The van der Waals surface area contributed by atoms with Gasteiger partial charge in [-0.15, -0.1) is 0 Å². The molecule has 4 rings (SSSR count). The zero-order valence-corrected chi connectivity index (χ0v) is 16.4. The monoisotopic (exact) mass is 410 g/mol.